The topological polar surface area (TPSA) is 59.2 Å². The molecule has 1 aromatic heterocycles. The molecule has 1 aromatic carbocycles. The SMILES string of the molecule is CCC(=O)N(C)CCc1noc(-c2ccccc2)n1. The van der Waals surface area contributed by atoms with E-state index >= 15 is 0 Å². The summed E-state index contributed by atoms with van der Waals surface area (Å²) < 4.78 is 5.21. The molecule has 100 valence electrons. The van der Waals surface area contributed by atoms with Crippen molar-refractivity contribution in [2.75, 3.05) is 13.6 Å². The van der Waals surface area contributed by atoms with Gasteiger partial charge in [-0.2, -0.15) is 4.98 Å². The van der Waals surface area contributed by atoms with E-state index in [-0.39, 0.29) is 5.91 Å². The summed E-state index contributed by atoms with van der Waals surface area (Å²) in [6.07, 6.45) is 1.11. The first-order chi connectivity index (χ1) is 9.20. The zero-order valence-electron chi connectivity index (χ0n) is 11.2. The van der Waals surface area contributed by atoms with Gasteiger partial charge in [-0.3, -0.25) is 4.79 Å². The smallest absolute Gasteiger partial charge is 0.257 e. The van der Waals surface area contributed by atoms with Gasteiger partial charge in [0.15, 0.2) is 5.82 Å². The van der Waals surface area contributed by atoms with Crippen LogP contribution in [-0.2, 0) is 11.2 Å². The highest BCUT2D eigenvalue weighted by molar-refractivity contribution is 5.75. The van der Waals surface area contributed by atoms with E-state index in [2.05, 4.69) is 10.1 Å². The van der Waals surface area contributed by atoms with Crippen molar-refractivity contribution in [2.45, 2.75) is 19.8 Å². The summed E-state index contributed by atoms with van der Waals surface area (Å²) in [5.41, 5.74) is 0.902. The van der Waals surface area contributed by atoms with Gasteiger partial charge in [-0.15, -0.1) is 0 Å². The molecule has 0 aliphatic rings. The number of amides is 1. The molecule has 5 nitrogen and oxygen atoms in total. The normalized spacial score (nSPS) is 10.4. The van der Waals surface area contributed by atoms with Crippen LogP contribution in [0.25, 0.3) is 11.5 Å². The van der Waals surface area contributed by atoms with Crippen molar-refractivity contribution in [3.63, 3.8) is 0 Å². The van der Waals surface area contributed by atoms with Gasteiger partial charge in [0.1, 0.15) is 0 Å². The van der Waals surface area contributed by atoms with Crippen LogP contribution in [0.15, 0.2) is 34.9 Å². The summed E-state index contributed by atoms with van der Waals surface area (Å²) in [5.74, 6) is 1.25. The first-order valence-corrected chi connectivity index (χ1v) is 6.32. The lowest BCUT2D eigenvalue weighted by Gasteiger charge is -2.14. The second-order valence-electron chi connectivity index (χ2n) is 4.30. The quantitative estimate of drug-likeness (QED) is 0.825. The highest BCUT2D eigenvalue weighted by Crippen LogP contribution is 2.16. The predicted octanol–water partition coefficient (Wildman–Crippen LogP) is 2.15. The van der Waals surface area contributed by atoms with Gasteiger partial charge in [-0.1, -0.05) is 30.3 Å². The highest BCUT2D eigenvalue weighted by Gasteiger charge is 2.10. The molecule has 19 heavy (non-hydrogen) atoms. The largest absolute Gasteiger partial charge is 0.345 e. The Hall–Kier alpha value is -2.17. The summed E-state index contributed by atoms with van der Waals surface area (Å²) in [6.45, 7) is 2.45. The van der Waals surface area contributed by atoms with E-state index in [1.54, 1.807) is 11.9 Å². The molecule has 0 N–H and O–H groups in total. The molecule has 0 atom stereocenters. The van der Waals surface area contributed by atoms with Crippen LogP contribution in [0.5, 0.6) is 0 Å². The molecular formula is C14H17N3O2. The summed E-state index contributed by atoms with van der Waals surface area (Å²) in [4.78, 5) is 17.4. The maximum absolute atomic E-state index is 11.4. The molecule has 5 heteroatoms. The maximum atomic E-state index is 11.4. The number of hydrogen-bond acceptors (Lipinski definition) is 4. The molecule has 2 rings (SSSR count). The monoisotopic (exact) mass is 259 g/mol. The van der Waals surface area contributed by atoms with E-state index in [0.717, 1.165) is 5.56 Å². The number of rotatable bonds is 5. The minimum Gasteiger partial charge on any atom is -0.345 e. The van der Waals surface area contributed by atoms with Gasteiger partial charge < -0.3 is 9.42 Å². The molecule has 0 bridgehead atoms. The van der Waals surface area contributed by atoms with Crippen LogP contribution in [0.4, 0.5) is 0 Å². The third kappa shape index (κ3) is 3.40. The Bertz CT molecular complexity index is 537. The number of hydrogen-bond donors (Lipinski definition) is 0. The second kappa shape index (κ2) is 6.13. The maximum Gasteiger partial charge on any atom is 0.257 e. The number of likely N-dealkylation sites (N-methyl/N-ethyl adjacent to an activating group) is 1. The predicted molar refractivity (Wildman–Crippen MR) is 71.4 cm³/mol. The Labute approximate surface area is 112 Å². The Balaban J connectivity index is 1.97. The fraction of sp³-hybridized carbons (Fsp3) is 0.357. The van der Waals surface area contributed by atoms with Crippen LogP contribution < -0.4 is 0 Å². The van der Waals surface area contributed by atoms with Crippen molar-refractivity contribution in [3.8, 4) is 11.5 Å². The van der Waals surface area contributed by atoms with Gasteiger partial charge in [-0.05, 0) is 12.1 Å². The number of benzene rings is 1. The van der Waals surface area contributed by atoms with E-state index in [9.17, 15) is 4.79 Å². The van der Waals surface area contributed by atoms with Gasteiger partial charge in [-0.25, -0.2) is 0 Å². The summed E-state index contributed by atoms with van der Waals surface area (Å²) in [6, 6.07) is 9.62. The molecule has 0 fully saturated rings. The zero-order valence-corrected chi connectivity index (χ0v) is 11.2. The Morgan fingerprint density at radius 1 is 1.32 bits per heavy atom. The van der Waals surface area contributed by atoms with Crippen LogP contribution in [-0.4, -0.2) is 34.5 Å². The minimum atomic E-state index is 0.117. The van der Waals surface area contributed by atoms with Crippen molar-refractivity contribution in [1.82, 2.24) is 15.0 Å². The van der Waals surface area contributed by atoms with Gasteiger partial charge in [0, 0.05) is 32.0 Å². The summed E-state index contributed by atoms with van der Waals surface area (Å²) in [7, 11) is 1.78. The Morgan fingerprint density at radius 3 is 2.74 bits per heavy atom. The van der Waals surface area contributed by atoms with Crippen molar-refractivity contribution >= 4 is 5.91 Å². The average Bonchev–Trinajstić information content (AvgIpc) is 2.93. The van der Waals surface area contributed by atoms with E-state index < -0.39 is 0 Å². The lowest BCUT2D eigenvalue weighted by Crippen LogP contribution is -2.28. The third-order valence-electron chi connectivity index (χ3n) is 2.89. The van der Waals surface area contributed by atoms with Crippen molar-refractivity contribution in [2.24, 2.45) is 0 Å². The lowest BCUT2D eigenvalue weighted by molar-refractivity contribution is -0.129. The number of carbonyl (C=O) groups is 1. The molecule has 0 unspecified atom stereocenters. The lowest BCUT2D eigenvalue weighted by atomic mass is 10.2. The number of nitrogens with zero attached hydrogens (tertiary/aromatic N) is 3. The molecule has 1 amide bonds. The molecule has 2 aromatic rings. The Kier molecular flexibility index (Phi) is 4.28. The molecule has 0 aliphatic heterocycles. The standard InChI is InChI=1S/C14H17N3O2/c1-3-13(18)17(2)10-9-12-15-14(19-16-12)11-7-5-4-6-8-11/h4-8H,3,9-10H2,1-2H3. The van der Waals surface area contributed by atoms with E-state index in [1.165, 1.54) is 0 Å². The fourth-order valence-electron chi connectivity index (χ4n) is 1.72. The van der Waals surface area contributed by atoms with E-state index in [4.69, 9.17) is 4.52 Å². The molecule has 0 saturated heterocycles. The average molecular weight is 259 g/mol. The second-order valence-corrected chi connectivity index (χ2v) is 4.30. The third-order valence-corrected chi connectivity index (χ3v) is 2.89. The first kappa shape index (κ1) is 13.3. The minimum absolute atomic E-state index is 0.117. The fourth-order valence-corrected chi connectivity index (χ4v) is 1.72. The van der Waals surface area contributed by atoms with Gasteiger partial charge in [0.2, 0.25) is 5.91 Å². The van der Waals surface area contributed by atoms with Crippen molar-refractivity contribution < 1.29 is 9.32 Å². The zero-order chi connectivity index (χ0) is 13.7. The molecule has 0 spiro atoms. The molecule has 1 heterocycles. The number of aromatic nitrogens is 2. The van der Waals surface area contributed by atoms with Crippen LogP contribution in [0.2, 0.25) is 0 Å². The number of carbonyl (C=O) groups excluding carboxylic acids is 1. The van der Waals surface area contributed by atoms with Gasteiger partial charge >= 0.3 is 0 Å². The van der Waals surface area contributed by atoms with Crippen LogP contribution in [0.1, 0.15) is 19.2 Å². The van der Waals surface area contributed by atoms with E-state index in [1.807, 2.05) is 37.3 Å². The van der Waals surface area contributed by atoms with Crippen molar-refractivity contribution in [1.29, 1.82) is 0 Å². The van der Waals surface area contributed by atoms with Crippen LogP contribution >= 0.6 is 0 Å². The summed E-state index contributed by atoms with van der Waals surface area (Å²) in [5, 5.41) is 3.93. The van der Waals surface area contributed by atoms with E-state index in [0.29, 0.717) is 31.1 Å². The molecular weight excluding hydrogens is 242 g/mol. The highest BCUT2D eigenvalue weighted by atomic mass is 16.5. The molecule has 0 aliphatic carbocycles. The summed E-state index contributed by atoms with van der Waals surface area (Å²) >= 11 is 0. The van der Waals surface area contributed by atoms with Crippen LogP contribution in [0, 0.1) is 0 Å². The van der Waals surface area contributed by atoms with Crippen LogP contribution in [0.3, 0.4) is 0 Å². The molecule has 0 radical (unpaired) electrons. The first-order valence-electron chi connectivity index (χ1n) is 6.32. The van der Waals surface area contributed by atoms with Crippen molar-refractivity contribution in [3.05, 3.63) is 36.2 Å². The molecule has 0 saturated carbocycles. The van der Waals surface area contributed by atoms with Gasteiger partial charge in [0.25, 0.3) is 5.89 Å². The van der Waals surface area contributed by atoms with Gasteiger partial charge in [0.05, 0.1) is 0 Å². The Morgan fingerprint density at radius 2 is 2.05 bits per heavy atom.